The first-order valence-electron chi connectivity index (χ1n) is 33.3. The van der Waals surface area contributed by atoms with E-state index >= 15 is 0 Å². The summed E-state index contributed by atoms with van der Waals surface area (Å²) in [5.41, 5.74) is 0. The zero-order valence-corrected chi connectivity index (χ0v) is 49.2. The van der Waals surface area contributed by atoms with Crippen LogP contribution in [-0.4, -0.2) is 47.4 Å². The molecule has 0 aliphatic heterocycles. The second-order valence-corrected chi connectivity index (χ2v) is 23.2. The van der Waals surface area contributed by atoms with Crippen molar-refractivity contribution in [1.82, 2.24) is 5.32 Å². The van der Waals surface area contributed by atoms with E-state index in [-0.39, 0.29) is 18.5 Å². The summed E-state index contributed by atoms with van der Waals surface area (Å²) < 4.78 is 5.47. The van der Waals surface area contributed by atoms with Crippen molar-refractivity contribution in [2.24, 2.45) is 0 Å². The molecule has 0 aliphatic carbocycles. The summed E-state index contributed by atoms with van der Waals surface area (Å²) in [6, 6.07) is -0.538. The van der Waals surface area contributed by atoms with Gasteiger partial charge in [-0.2, -0.15) is 0 Å². The fourth-order valence-electron chi connectivity index (χ4n) is 10.8. The highest BCUT2D eigenvalue weighted by molar-refractivity contribution is 5.76. The number of unbranched alkanes of at least 4 members (excludes halogenated alkanes) is 52. The Kier molecular flexibility index (Phi) is 61.4. The van der Waals surface area contributed by atoms with E-state index in [1.165, 1.54) is 315 Å². The van der Waals surface area contributed by atoms with E-state index in [1.807, 2.05) is 0 Å². The molecule has 0 aromatic carbocycles. The van der Waals surface area contributed by atoms with Gasteiger partial charge in [-0.3, -0.25) is 9.59 Å². The number of aliphatic hydroxyl groups is 2. The summed E-state index contributed by atoms with van der Waals surface area (Å²) in [6.07, 6.45) is 74.2. The zero-order valence-electron chi connectivity index (χ0n) is 49.2. The summed E-state index contributed by atoms with van der Waals surface area (Å²) in [5.74, 6) is -0.00851. The fraction of sp³-hybridized carbons (Fsp3) is 0.970. The Labute approximate surface area is 451 Å². The lowest BCUT2D eigenvalue weighted by Crippen LogP contribution is -2.45. The second kappa shape index (κ2) is 62.4. The Morgan fingerprint density at radius 1 is 0.333 bits per heavy atom. The van der Waals surface area contributed by atoms with Gasteiger partial charge in [-0.05, 0) is 25.7 Å². The molecule has 0 heterocycles. The quantitative estimate of drug-likeness (QED) is 0.0417. The molecule has 0 saturated heterocycles. The second-order valence-electron chi connectivity index (χ2n) is 23.2. The third-order valence-electron chi connectivity index (χ3n) is 15.9. The average molecular weight is 1020 g/mol. The molecule has 1 amide bonds. The molecule has 0 aromatic rings. The summed E-state index contributed by atoms with van der Waals surface area (Å²) in [7, 11) is 0. The maximum atomic E-state index is 12.5. The minimum Gasteiger partial charge on any atom is -0.466 e. The minimum absolute atomic E-state index is 0.0195. The maximum Gasteiger partial charge on any atom is 0.305 e. The van der Waals surface area contributed by atoms with Crippen LogP contribution >= 0.6 is 0 Å². The predicted molar refractivity (Wildman–Crippen MR) is 315 cm³/mol. The minimum atomic E-state index is -0.661. The highest BCUT2D eigenvalue weighted by Crippen LogP contribution is 2.19. The number of hydrogen-bond acceptors (Lipinski definition) is 5. The molecule has 72 heavy (non-hydrogen) atoms. The van der Waals surface area contributed by atoms with E-state index in [4.69, 9.17) is 4.74 Å². The topological polar surface area (TPSA) is 95.9 Å². The van der Waals surface area contributed by atoms with Crippen LogP contribution in [0.1, 0.15) is 386 Å². The summed E-state index contributed by atoms with van der Waals surface area (Å²) >= 11 is 0. The van der Waals surface area contributed by atoms with Crippen LogP contribution < -0.4 is 5.32 Å². The average Bonchev–Trinajstić information content (AvgIpc) is 3.38. The molecule has 0 fully saturated rings. The molecule has 0 aromatic heterocycles. The van der Waals surface area contributed by atoms with Crippen molar-refractivity contribution in [3.8, 4) is 0 Å². The van der Waals surface area contributed by atoms with Crippen molar-refractivity contribution in [2.75, 3.05) is 13.2 Å². The standard InChI is InChI=1S/C66H131NO5/c1-3-5-7-9-11-13-15-16-17-32-35-39-42-46-50-54-58-64(69)63(62-68)67-65(70)59-55-51-47-43-40-36-33-30-28-26-24-22-20-18-19-21-23-25-27-29-31-34-37-41-45-49-53-57-61-72-66(71)60-56-52-48-44-38-14-12-10-8-6-4-2/h63-64,68-69H,3-62H2,1-2H3,(H,67,70). The van der Waals surface area contributed by atoms with Crippen LogP contribution in [0, 0.1) is 0 Å². The molecule has 430 valence electrons. The molecule has 6 nitrogen and oxygen atoms in total. The normalized spacial score (nSPS) is 12.4. The molecule has 0 saturated carbocycles. The van der Waals surface area contributed by atoms with Crippen LogP contribution in [0.25, 0.3) is 0 Å². The molecular formula is C66H131NO5. The van der Waals surface area contributed by atoms with Crippen molar-refractivity contribution in [1.29, 1.82) is 0 Å². The molecule has 0 rings (SSSR count). The molecule has 6 heteroatoms. The van der Waals surface area contributed by atoms with Gasteiger partial charge in [0.15, 0.2) is 0 Å². The van der Waals surface area contributed by atoms with Crippen LogP contribution in [-0.2, 0) is 14.3 Å². The van der Waals surface area contributed by atoms with Gasteiger partial charge < -0.3 is 20.3 Å². The fourth-order valence-corrected chi connectivity index (χ4v) is 10.8. The Balaban J connectivity index is 3.33. The van der Waals surface area contributed by atoms with E-state index < -0.39 is 12.1 Å². The number of carbonyl (C=O) groups excluding carboxylic acids is 2. The monoisotopic (exact) mass is 1020 g/mol. The van der Waals surface area contributed by atoms with E-state index in [0.717, 1.165) is 38.5 Å². The van der Waals surface area contributed by atoms with Crippen LogP contribution in [0.4, 0.5) is 0 Å². The number of aliphatic hydroxyl groups excluding tert-OH is 2. The van der Waals surface area contributed by atoms with E-state index in [2.05, 4.69) is 19.2 Å². The third-order valence-corrected chi connectivity index (χ3v) is 15.9. The molecule has 0 aliphatic rings. The lowest BCUT2D eigenvalue weighted by Gasteiger charge is -2.22. The van der Waals surface area contributed by atoms with Crippen LogP contribution in [0.15, 0.2) is 0 Å². The first-order valence-corrected chi connectivity index (χ1v) is 33.3. The Morgan fingerprint density at radius 2 is 0.569 bits per heavy atom. The lowest BCUT2D eigenvalue weighted by atomic mass is 10.0. The predicted octanol–water partition coefficient (Wildman–Crippen LogP) is 21.0. The Hall–Kier alpha value is -1.14. The van der Waals surface area contributed by atoms with Gasteiger partial charge in [-0.15, -0.1) is 0 Å². The van der Waals surface area contributed by atoms with Crippen molar-refractivity contribution in [3.05, 3.63) is 0 Å². The van der Waals surface area contributed by atoms with Gasteiger partial charge in [0.05, 0.1) is 25.4 Å². The number of amides is 1. The van der Waals surface area contributed by atoms with E-state index in [0.29, 0.717) is 25.9 Å². The van der Waals surface area contributed by atoms with Gasteiger partial charge in [0.25, 0.3) is 0 Å². The highest BCUT2D eigenvalue weighted by atomic mass is 16.5. The van der Waals surface area contributed by atoms with Crippen molar-refractivity contribution in [2.45, 2.75) is 398 Å². The first kappa shape index (κ1) is 70.9. The molecule has 0 radical (unpaired) electrons. The van der Waals surface area contributed by atoms with Gasteiger partial charge in [-0.1, -0.05) is 348 Å². The van der Waals surface area contributed by atoms with Gasteiger partial charge in [0, 0.05) is 12.8 Å². The van der Waals surface area contributed by atoms with Crippen LogP contribution in [0.5, 0.6) is 0 Å². The lowest BCUT2D eigenvalue weighted by molar-refractivity contribution is -0.143. The molecular weight excluding hydrogens is 887 g/mol. The van der Waals surface area contributed by atoms with Crippen molar-refractivity contribution >= 4 is 11.9 Å². The molecule has 3 N–H and O–H groups in total. The van der Waals surface area contributed by atoms with Gasteiger partial charge in [-0.25, -0.2) is 0 Å². The highest BCUT2D eigenvalue weighted by Gasteiger charge is 2.20. The summed E-state index contributed by atoms with van der Waals surface area (Å²) in [4.78, 5) is 24.5. The molecule has 2 unspecified atom stereocenters. The van der Waals surface area contributed by atoms with Crippen molar-refractivity contribution in [3.63, 3.8) is 0 Å². The number of carbonyl (C=O) groups is 2. The molecule has 0 bridgehead atoms. The smallest absolute Gasteiger partial charge is 0.305 e. The maximum absolute atomic E-state index is 12.5. The summed E-state index contributed by atoms with van der Waals surface area (Å²) in [6.45, 7) is 4.99. The number of rotatable bonds is 63. The van der Waals surface area contributed by atoms with Gasteiger partial charge in [0.2, 0.25) is 5.91 Å². The van der Waals surface area contributed by atoms with Crippen LogP contribution in [0.2, 0.25) is 0 Å². The van der Waals surface area contributed by atoms with E-state index in [1.54, 1.807) is 0 Å². The number of nitrogens with one attached hydrogen (secondary N) is 1. The zero-order chi connectivity index (χ0) is 52.2. The largest absolute Gasteiger partial charge is 0.466 e. The first-order chi connectivity index (χ1) is 35.5. The Morgan fingerprint density at radius 3 is 0.847 bits per heavy atom. The third kappa shape index (κ3) is 58.1. The number of hydrogen-bond donors (Lipinski definition) is 3. The summed E-state index contributed by atoms with van der Waals surface area (Å²) in [5, 5.41) is 23.3. The van der Waals surface area contributed by atoms with E-state index in [9.17, 15) is 19.8 Å². The van der Waals surface area contributed by atoms with Gasteiger partial charge in [0.1, 0.15) is 0 Å². The molecule has 0 spiro atoms. The van der Waals surface area contributed by atoms with Crippen LogP contribution in [0.3, 0.4) is 0 Å². The Bertz CT molecular complexity index is 1040. The van der Waals surface area contributed by atoms with Gasteiger partial charge >= 0.3 is 5.97 Å². The van der Waals surface area contributed by atoms with Crippen molar-refractivity contribution < 1.29 is 24.5 Å². The SMILES string of the molecule is CCCCCCCCCCCCCCCCCCC(O)C(CO)NC(=O)CCCCCCCCCCCCCCCCCCCCCCCCCCCCCCOC(=O)CCCCCCCCCCCCC. The number of ether oxygens (including phenoxy) is 1. The molecule has 2 atom stereocenters. The number of esters is 1.